The van der Waals surface area contributed by atoms with Gasteiger partial charge in [-0.15, -0.1) is 0 Å². The molecule has 0 radical (unpaired) electrons. The summed E-state index contributed by atoms with van der Waals surface area (Å²) >= 11 is 0. The highest BCUT2D eigenvalue weighted by Gasteiger charge is 2.21. The van der Waals surface area contributed by atoms with Crippen LogP contribution < -0.4 is 28.4 Å². The fourth-order valence-electron chi connectivity index (χ4n) is 7.55. The van der Waals surface area contributed by atoms with Gasteiger partial charge in [0.1, 0.15) is 0 Å². The highest BCUT2D eigenvalue weighted by Crippen LogP contribution is 2.47. The Balaban J connectivity index is 1.96. The average molecular weight is 815 g/mol. The van der Waals surface area contributed by atoms with Crippen molar-refractivity contribution in [1.29, 1.82) is 0 Å². The molecular weight excluding hydrogens is 737 g/mol. The number of esters is 1. The van der Waals surface area contributed by atoms with Crippen LogP contribution in [0.2, 0.25) is 0 Å². The summed E-state index contributed by atoms with van der Waals surface area (Å²) in [6.07, 6.45) is 22.9. The van der Waals surface area contributed by atoms with Crippen LogP contribution in [0.5, 0.6) is 34.5 Å². The summed E-state index contributed by atoms with van der Waals surface area (Å²) in [5.74, 6) is 3.81. The summed E-state index contributed by atoms with van der Waals surface area (Å²) in [4.78, 5) is 13.5. The van der Waals surface area contributed by atoms with E-state index in [1.54, 1.807) is 0 Å². The first-order valence-electron chi connectivity index (χ1n) is 23.9. The topological polar surface area (TPSA) is 72.5 Å². The molecule has 0 bridgehead atoms. The van der Waals surface area contributed by atoms with Gasteiger partial charge >= 0.3 is 5.97 Å². The number of benzene rings is 4. The fraction of sp³-hybridized carbons (Fsp3) is 0.635. The SMILES string of the molecule is CCCCCCCCC(=O)Oc1cc2c3cc(OCCCCC)c(OCCCCC)cc3c3cc(OCCCCC)c(OCCCCC)cc3c2cc1OCCCCC. The average Bonchev–Trinajstić information content (AvgIpc) is 3.24. The van der Waals surface area contributed by atoms with Gasteiger partial charge in [-0.05, 0) is 107 Å². The van der Waals surface area contributed by atoms with Crippen molar-refractivity contribution in [3.8, 4) is 34.5 Å². The standard InChI is InChI=1S/C52H78O7/c1-7-13-19-20-21-22-28-52(53)59-51-39-45-43-37-49(57-32-26-17-11-5)47(55-30-24-15-9-3)35-41(43)40-34-46(54-29-23-14-8-2)48(56-31-25-16-10-4)36-42(40)44(45)38-50(51)58-33-27-18-12-6/h34-39H,7-33H2,1-6H3. The molecule has 0 atom stereocenters. The number of fused-ring (bicyclic) bond motifs is 6. The van der Waals surface area contributed by atoms with Crippen LogP contribution in [0.3, 0.4) is 0 Å². The van der Waals surface area contributed by atoms with Crippen LogP contribution in [0.25, 0.3) is 32.3 Å². The van der Waals surface area contributed by atoms with Gasteiger partial charge in [0, 0.05) is 6.42 Å². The van der Waals surface area contributed by atoms with Crippen molar-refractivity contribution < 1.29 is 33.2 Å². The van der Waals surface area contributed by atoms with E-state index in [0.29, 0.717) is 51.0 Å². The van der Waals surface area contributed by atoms with Crippen molar-refractivity contribution in [3.05, 3.63) is 36.4 Å². The predicted octanol–water partition coefficient (Wildman–Crippen LogP) is 15.6. The van der Waals surface area contributed by atoms with Gasteiger partial charge < -0.3 is 28.4 Å². The van der Waals surface area contributed by atoms with Crippen LogP contribution in [-0.2, 0) is 4.79 Å². The van der Waals surface area contributed by atoms with E-state index in [2.05, 4.69) is 71.9 Å². The van der Waals surface area contributed by atoms with Gasteiger partial charge in [-0.3, -0.25) is 4.79 Å². The first kappa shape index (κ1) is 47.8. The van der Waals surface area contributed by atoms with Gasteiger partial charge in [-0.25, -0.2) is 0 Å². The van der Waals surface area contributed by atoms with E-state index in [4.69, 9.17) is 28.4 Å². The van der Waals surface area contributed by atoms with Crippen molar-refractivity contribution in [1.82, 2.24) is 0 Å². The van der Waals surface area contributed by atoms with Crippen molar-refractivity contribution >= 4 is 38.3 Å². The minimum absolute atomic E-state index is 0.223. The molecule has 7 heteroatoms. The Hall–Kier alpha value is -3.87. The van der Waals surface area contributed by atoms with Gasteiger partial charge in [0.05, 0.1) is 33.0 Å². The van der Waals surface area contributed by atoms with Crippen molar-refractivity contribution in [2.24, 2.45) is 0 Å². The monoisotopic (exact) mass is 815 g/mol. The molecule has 328 valence electrons. The van der Waals surface area contributed by atoms with E-state index >= 15 is 0 Å². The van der Waals surface area contributed by atoms with Gasteiger partial charge in [-0.1, -0.05) is 138 Å². The van der Waals surface area contributed by atoms with Crippen LogP contribution in [0.4, 0.5) is 0 Å². The second-order valence-corrected chi connectivity index (χ2v) is 16.3. The number of carbonyl (C=O) groups is 1. The van der Waals surface area contributed by atoms with E-state index in [1.807, 2.05) is 6.07 Å². The maximum Gasteiger partial charge on any atom is 0.311 e. The molecule has 4 aromatic carbocycles. The Bertz CT molecular complexity index is 1770. The van der Waals surface area contributed by atoms with Gasteiger partial charge in [0.2, 0.25) is 0 Å². The first-order chi connectivity index (χ1) is 29.0. The largest absolute Gasteiger partial charge is 0.490 e. The Morgan fingerprint density at radius 3 is 0.864 bits per heavy atom. The molecule has 0 spiro atoms. The normalized spacial score (nSPS) is 11.4. The third kappa shape index (κ3) is 15.3. The zero-order chi connectivity index (χ0) is 42.1. The summed E-state index contributed by atoms with van der Waals surface area (Å²) in [6, 6.07) is 12.7. The molecule has 0 aliphatic rings. The molecule has 0 saturated carbocycles. The third-order valence-corrected chi connectivity index (χ3v) is 11.1. The molecule has 0 fully saturated rings. The van der Waals surface area contributed by atoms with E-state index in [0.717, 1.165) is 171 Å². The molecule has 0 unspecified atom stereocenters. The van der Waals surface area contributed by atoms with Gasteiger partial charge in [0.25, 0.3) is 0 Å². The minimum Gasteiger partial charge on any atom is -0.490 e. The van der Waals surface area contributed by atoms with Crippen LogP contribution in [-0.4, -0.2) is 39.0 Å². The second kappa shape index (κ2) is 27.8. The van der Waals surface area contributed by atoms with Crippen LogP contribution in [0.1, 0.15) is 183 Å². The van der Waals surface area contributed by atoms with Crippen LogP contribution in [0.15, 0.2) is 36.4 Å². The Kier molecular flexibility index (Phi) is 22.5. The third-order valence-electron chi connectivity index (χ3n) is 11.1. The van der Waals surface area contributed by atoms with Crippen molar-refractivity contribution in [3.63, 3.8) is 0 Å². The summed E-state index contributed by atoms with van der Waals surface area (Å²) in [6.45, 7) is 16.3. The van der Waals surface area contributed by atoms with E-state index < -0.39 is 0 Å². The first-order valence-corrected chi connectivity index (χ1v) is 23.9. The maximum atomic E-state index is 13.5. The lowest BCUT2D eigenvalue weighted by Gasteiger charge is -2.20. The quantitative estimate of drug-likeness (QED) is 0.0205. The van der Waals surface area contributed by atoms with E-state index in [-0.39, 0.29) is 5.97 Å². The zero-order valence-electron chi connectivity index (χ0n) is 37.9. The van der Waals surface area contributed by atoms with Crippen LogP contribution in [0, 0.1) is 0 Å². The molecule has 4 aromatic rings. The molecule has 0 aromatic heterocycles. The summed E-state index contributed by atoms with van der Waals surface area (Å²) in [7, 11) is 0. The Morgan fingerprint density at radius 1 is 0.322 bits per heavy atom. The molecule has 0 amide bonds. The van der Waals surface area contributed by atoms with Gasteiger partial charge in [-0.2, -0.15) is 0 Å². The number of hydrogen-bond donors (Lipinski definition) is 0. The molecule has 0 heterocycles. The number of unbranched alkanes of at least 4 members (excludes halogenated alkanes) is 15. The number of ether oxygens (including phenoxy) is 6. The predicted molar refractivity (Wildman–Crippen MR) is 248 cm³/mol. The Morgan fingerprint density at radius 2 is 0.559 bits per heavy atom. The van der Waals surface area contributed by atoms with E-state index in [1.165, 1.54) is 19.3 Å². The van der Waals surface area contributed by atoms with E-state index in [9.17, 15) is 4.79 Å². The summed E-state index contributed by atoms with van der Waals surface area (Å²) < 4.78 is 38.9. The highest BCUT2D eigenvalue weighted by atomic mass is 16.6. The molecule has 0 aliphatic carbocycles. The van der Waals surface area contributed by atoms with Crippen molar-refractivity contribution in [2.45, 2.75) is 183 Å². The minimum atomic E-state index is -0.223. The van der Waals surface area contributed by atoms with Crippen molar-refractivity contribution in [2.75, 3.05) is 33.0 Å². The maximum absolute atomic E-state index is 13.5. The fourth-order valence-corrected chi connectivity index (χ4v) is 7.55. The number of carbonyl (C=O) groups excluding carboxylic acids is 1. The highest BCUT2D eigenvalue weighted by molar-refractivity contribution is 6.27. The molecular formula is C52H78O7. The molecule has 59 heavy (non-hydrogen) atoms. The van der Waals surface area contributed by atoms with Gasteiger partial charge in [0.15, 0.2) is 34.5 Å². The molecule has 4 rings (SSSR count). The zero-order valence-corrected chi connectivity index (χ0v) is 37.9. The lowest BCUT2D eigenvalue weighted by atomic mass is 9.93. The smallest absolute Gasteiger partial charge is 0.311 e. The molecule has 0 saturated heterocycles. The molecule has 7 nitrogen and oxygen atoms in total. The Labute approximate surface area is 357 Å². The second-order valence-electron chi connectivity index (χ2n) is 16.3. The lowest BCUT2D eigenvalue weighted by molar-refractivity contribution is -0.134. The lowest BCUT2D eigenvalue weighted by Crippen LogP contribution is -2.09. The number of hydrogen-bond acceptors (Lipinski definition) is 7. The summed E-state index contributed by atoms with van der Waals surface area (Å²) in [5.41, 5.74) is 0. The number of rotatable bonds is 33. The molecule has 0 N–H and O–H groups in total. The molecule has 0 aliphatic heterocycles. The summed E-state index contributed by atoms with van der Waals surface area (Å²) in [5, 5.41) is 6.04. The van der Waals surface area contributed by atoms with Crippen LogP contribution >= 0.6 is 0 Å².